The van der Waals surface area contributed by atoms with Gasteiger partial charge < -0.3 is 23.7 Å². The summed E-state index contributed by atoms with van der Waals surface area (Å²) < 4.78 is 65.9. The largest absolute Gasteiger partial charge is 0.497 e. The van der Waals surface area contributed by atoms with Gasteiger partial charge in [0.2, 0.25) is 17.8 Å². The smallest absolute Gasteiger partial charge is 0.491 e. The van der Waals surface area contributed by atoms with E-state index in [0.717, 1.165) is 13.1 Å². The van der Waals surface area contributed by atoms with Crippen molar-refractivity contribution in [2.75, 3.05) is 59.0 Å². The highest BCUT2D eigenvalue weighted by Gasteiger charge is 2.42. The molecule has 0 aliphatic carbocycles. The molecule has 3 heterocycles. The molecule has 1 aliphatic heterocycles. The number of carbonyl (C=O) groups is 1. The van der Waals surface area contributed by atoms with Crippen LogP contribution in [0.3, 0.4) is 0 Å². The third kappa shape index (κ3) is 6.52. The molecule has 0 saturated carbocycles. The predicted molar refractivity (Wildman–Crippen MR) is 145 cm³/mol. The van der Waals surface area contributed by atoms with Crippen LogP contribution in [-0.4, -0.2) is 90.7 Å². The highest BCUT2D eigenvalue weighted by Crippen LogP contribution is 2.33. The second-order valence-corrected chi connectivity index (χ2v) is 9.20. The molecule has 0 unspecified atom stereocenters. The fourth-order valence-corrected chi connectivity index (χ4v) is 4.32. The summed E-state index contributed by atoms with van der Waals surface area (Å²) in [6, 6.07) is 7.97. The number of morpholine rings is 1. The van der Waals surface area contributed by atoms with Gasteiger partial charge in [0.05, 0.1) is 44.0 Å². The summed E-state index contributed by atoms with van der Waals surface area (Å²) in [4.78, 5) is 31.2. The first kappa shape index (κ1) is 29.0. The monoisotopic (exact) mass is 588 g/mol. The average molecular weight is 589 g/mol. The number of hydrogen-bond donors (Lipinski definition) is 1. The number of benzene rings is 2. The quantitative estimate of drug-likeness (QED) is 0.285. The third-order valence-electron chi connectivity index (χ3n) is 6.44. The maximum absolute atomic E-state index is 13.1. The van der Waals surface area contributed by atoms with Crippen molar-refractivity contribution in [3.63, 3.8) is 0 Å². The van der Waals surface area contributed by atoms with Gasteiger partial charge in [0.25, 0.3) is 0 Å². The highest BCUT2D eigenvalue weighted by atomic mass is 19.4. The van der Waals surface area contributed by atoms with E-state index < -0.39 is 18.0 Å². The lowest BCUT2D eigenvalue weighted by Crippen LogP contribution is -2.38. The van der Waals surface area contributed by atoms with Crippen LogP contribution >= 0.6 is 0 Å². The molecule has 0 bridgehead atoms. The number of hydrogen-bond acceptors (Lipinski definition) is 12. The van der Waals surface area contributed by atoms with E-state index in [0.29, 0.717) is 60.2 Å². The zero-order valence-electron chi connectivity index (χ0n) is 22.9. The van der Waals surface area contributed by atoms with E-state index in [2.05, 4.69) is 34.9 Å². The summed E-state index contributed by atoms with van der Waals surface area (Å²) in [5.41, 5.74) is 1.21. The molecule has 1 aliphatic rings. The Balaban J connectivity index is 1.46. The Labute approximate surface area is 237 Å². The summed E-state index contributed by atoms with van der Waals surface area (Å²) in [7, 11) is 3.00. The average Bonchev–Trinajstić information content (AvgIpc) is 2.97. The lowest BCUT2D eigenvalue weighted by molar-refractivity contribution is -0.189. The van der Waals surface area contributed by atoms with Crippen LogP contribution in [-0.2, 0) is 9.53 Å². The second-order valence-electron chi connectivity index (χ2n) is 9.20. The van der Waals surface area contributed by atoms with Crippen LogP contribution in [0.25, 0.3) is 21.8 Å². The minimum atomic E-state index is -5.24. The Kier molecular flexibility index (Phi) is 8.40. The molecular weight excluding hydrogens is 561 g/mol. The number of fused-ring (bicyclic) bond motifs is 2. The van der Waals surface area contributed by atoms with Gasteiger partial charge >= 0.3 is 12.1 Å². The van der Waals surface area contributed by atoms with Gasteiger partial charge in [0.15, 0.2) is 0 Å². The number of anilines is 2. The van der Waals surface area contributed by atoms with Crippen LogP contribution in [0.5, 0.6) is 23.1 Å². The molecule has 12 nitrogen and oxygen atoms in total. The Morgan fingerprint density at radius 3 is 2.43 bits per heavy atom. The molecule has 0 radical (unpaired) electrons. The number of esters is 1. The topological polar surface area (TPSA) is 130 Å². The number of alkyl halides is 3. The van der Waals surface area contributed by atoms with Crippen LogP contribution in [0.15, 0.2) is 30.3 Å². The molecule has 4 aromatic rings. The number of aromatic nitrogens is 4. The normalized spacial score (nSPS) is 14.1. The first-order valence-corrected chi connectivity index (χ1v) is 12.9. The van der Waals surface area contributed by atoms with Crippen LogP contribution in [0.2, 0.25) is 0 Å². The van der Waals surface area contributed by atoms with Gasteiger partial charge in [-0.2, -0.15) is 18.2 Å². The van der Waals surface area contributed by atoms with Crippen molar-refractivity contribution < 1.29 is 41.7 Å². The molecular formula is C27H27F3N6O6. The van der Waals surface area contributed by atoms with E-state index >= 15 is 0 Å². The molecule has 0 amide bonds. The van der Waals surface area contributed by atoms with Crippen LogP contribution in [0.4, 0.5) is 25.1 Å². The van der Waals surface area contributed by atoms with E-state index in [1.54, 1.807) is 25.1 Å². The Hall–Kier alpha value is -4.50. The van der Waals surface area contributed by atoms with E-state index in [9.17, 15) is 18.0 Å². The number of carbonyl (C=O) groups excluding carboxylic acids is 1. The summed E-state index contributed by atoms with van der Waals surface area (Å²) in [6.07, 6.45) is -5.24. The minimum absolute atomic E-state index is 0.0407. The molecule has 1 N–H and O–H groups in total. The maximum atomic E-state index is 13.1. The zero-order chi connectivity index (χ0) is 29.9. The number of halogens is 3. The van der Waals surface area contributed by atoms with Gasteiger partial charge in [-0.3, -0.25) is 10.2 Å². The molecule has 15 heteroatoms. The Morgan fingerprint density at radius 1 is 0.976 bits per heavy atom. The molecule has 1 saturated heterocycles. The lowest BCUT2D eigenvalue weighted by atomic mass is 10.1. The van der Waals surface area contributed by atoms with Gasteiger partial charge in [-0.25, -0.2) is 19.7 Å². The SMILES string of the molecule is COc1cc(OC)c2nc(Nc3nc(OC(=O)C(F)(F)F)c4cc(OCCN5CCOCC5)ccc4n3)nc(C)c2c1. The highest BCUT2D eigenvalue weighted by molar-refractivity contribution is 5.90. The van der Waals surface area contributed by atoms with Crippen LogP contribution in [0.1, 0.15) is 5.69 Å². The van der Waals surface area contributed by atoms with Crippen molar-refractivity contribution in [3.8, 4) is 23.1 Å². The van der Waals surface area contributed by atoms with Crippen molar-refractivity contribution in [1.82, 2.24) is 24.8 Å². The van der Waals surface area contributed by atoms with E-state index in [-0.39, 0.29) is 22.8 Å². The number of rotatable bonds is 9. The van der Waals surface area contributed by atoms with Crippen LogP contribution in [0, 0.1) is 6.92 Å². The van der Waals surface area contributed by atoms with Crippen molar-refractivity contribution in [3.05, 3.63) is 36.0 Å². The van der Waals surface area contributed by atoms with Gasteiger partial charge in [-0.15, -0.1) is 0 Å². The minimum Gasteiger partial charge on any atom is -0.497 e. The fraction of sp³-hybridized carbons (Fsp3) is 0.370. The van der Waals surface area contributed by atoms with Crippen molar-refractivity contribution >= 4 is 39.7 Å². The van der Waals surface area contributed by atoms with Gasteiger partial charge in [0.1, 0.15) is 29.4 Å². The molecule has 0 atom stereocenters. The Morgan fingerprint density at radius 2 is 1.71 bits per heavy atom. The van der Waals surface area contributed by atoms with Gasteiger partial charge in [0, 0.05) is 31.1 Å². The summed E-state index contributed by atoms with van der Waals surface area (Å²) in [5.74, 6) is -1.88. The summed E-state index contributed by atoms with van der Waals surface area (Å²) >= 11 is 0. The number of methoxy groups -OCH3 is 2. The number of aryl methyl sites for hydroxylation is 1. The summed E-state index contributed by atoms with van der Waals surface area (Å²) in [5, 5.41) is 3.51. The van der Waals surface area contributed by atoms with Crippen molar-refractivity contribution in [1.29, 1.82) is 0 Å². The van der Waals surface area contributed by atoms with Crippen LogP contribution < -0.4 is 24.3 Å². The molecule has 1 fully saturated rings. The number of nitrogens with one attached hydrogen (secondary N) is 1. The summed E-state index contributed by atoms with van der Waals surface area (Å²) in [6.45, 7) is 5.56. The molecule has 0 spiro atoms. The maximum Gasteiger partial charge on any atom is 0.491 e. The standard InChI is InChI=1S/C27H27F3N6O6/c1-15-18-13-17(38-2)14-21(39-3)22(18)33-25(31-15)35-26-32-20-5-4-16(41-11-8-36-6-9-40-10-7-36)12-19(20)23(34-26)42-24(37)27(28,29)30/h4-5,12-14H,6-11H2,1-3H3,(H,31,32,33,34,35). The first-order chi connectivity index (χ1) is 20.1. The predicted octanol–water partition coefficient (Wildman–Crippen LogP) is 3.82. The van der Waals surface area contributed by atoms with E-state index in [1.165, 1.54) is 26.4 Å². The first-order valence-electron chi connectivity index (χ1n) is 12.9. The molecule has 2 aromatic carbocycles. The zero-order valence-corrected chi connectivity index (χ0v) is 22.9. The van der Waals surface area contributed by atoms with E-state index in [1.807, 2.05) is 0 Å². The second kappa shape index (κ2) is 12.2. The van der Waals surface area contributed by atoms with Gasteiger partial charge in [-0.1, -0.05) is 0 Å². The Bertz CT molecular complexity index is 1610. The van der Waals surface area contributed by atoms with Crippen molar-refractivity contribution in [2.45, 2.75) is 13.1 Å². The van der Waals surface area contributed by atoms with Gasteiger partial charge in [-0.05, 0) is 31.2 Å². The number of ether oxygens (including phenoxy) is 5. The van der Waals surface area contributed by atoms with Crippen molar-refractivity contribution in [2.24, 2.45) is 0 Å². The lowest BCUT2D eigenvalue weighted by Gasteiger charge is -2.26. The fourth-order valence-electron chi connectivity index (χ4n) is 4.32. The molecule has 2 aromatic heterocycles. The molecule has 222 valence electrons. The third-order valence-corrected chi connectivity index (χ3v) is 6.44. The molecule has 42 heavy (non-hydrogen) atoms. The molecule has 5 rings (SSSR count). The van der Waals surface area contributed by atoms with E-state index in [4.69, 9.17) is 18.9 Å². The number of nitrogens with zero attached hydrogens (tertiary/aromatic N) is 5.